The Labute approximate surface area is 137 Å². The first-order valence-corrected chi connectivity index (χ1v) is 8.11. The number of hydrogen-bond acceptors (Lipinski definition) is 4. The lowest BCUT2D eigenvalue weighted by Crippen LogP contribution is -2.37. The normalized spacial score (nSPS) is 12.6. The van der Waals surface area contributed by atoms with Gasteiger partial charge in [0.25, 0.3) is 0 Å². The van der Waals surface area contributed by atoms with E-state index in [9.17, 15) is 4.79 Å². The van der Waals surface area contributed by atoms with Crippen LogP contribution in [0, 0.1) is 11.8 Å². The molecule has 2 rings (SSSR count). The van der Waals surface area contributed by atoms with Gasteiger partial charge in [-0.05, 0) is 23.5 Å². The van der Waals surface area contributed by atoms with Crippen molar-refractivity contribution in [2.75, 3.05) is 6.54 Å². The molecule has 0 saturated carbocycles. The van der Waals surface area contributed by atoms with E-state index in [1.165, 1.54) is 4.80 Å². The predicted molar refractivity (Wildman–Crippen MR) is 89.6 cm³/mol. The molecule has 0 radical (unpaired) electrons. The van der Waals surface area contributed by atoms with Gasteiger partial charge in [0, 0.05) is 12.1 Å². The van der Waals surface area contributed by atoms with Gasteiger partial charge in [-0.2, -0.15) is 4.80 Å². The molecule has 1 atom stereocenters. The van der Waals surface area contributed by atoms with E-state index >= 15 is 0 Å². The van der Waals surface area contributed by atoms with Gasteiger partial charge in [0.1, 0.15) is 0 Å². The maximum Gasteiger partial charge on any atom is 0.247 e. The molecule has 6 heteroatoms. The first-order valence-electron chi connectivity index (χ1n) is 8.11. The fourth-order valence-electron chi connectivity index (χ4n) is 2.31. The molecule has 23 heavy (non-hydrogen) atoms. The minimum Gasteiger partial charge on any atom is -0.354 e. The summed E-state index contributed by atoms with van der Waals surface area (Å²) in [5.74, 6) is 1.11. The third-order valence-electron chi connectivity index (χ3n) is 3.63. The topological polar surface area (TPSA) is 72.7 Å². The number of amides is 1. The zero-order valence-corrected chi connectivity index (χ0v) is 14.2. The maximum absolute atomic E-state index is 12.5. The molecule has 2 aromatic rings. The smallest absolute Gasteiger partial charge is 0.247 e. The fourth-order valence-corrected chi connectivity index (χ4v) is 2.31. The molecule has 0 fully saturated rings. The van der Waals surface area contributed by atoms with Crippen LogP contribution >= 0.6 is 0 Å². The Bertz CT molecular complexity index is 621. The number of nitrogens with one attached hydrogen (secondary N) is 1. The zero-order valence-electron chi connectivity index (χ0n) is 14.2. The van der Waals surface area contributed by atoms with E-state index in [4.69, 9.17) is 0 Å². The molecule has 1 aromatic carbocycles. The molecule has 0 aliphatic heterocycles. The molecule has 0 spiro atoms. The van der Waals surface area contributed by atoms with Gasteiger partial charge in [-0.1, -0.05) is 58.0 Å². The van der Waals surface area contributed by atoms with Gasteiger partial charge in [0.05, 0.1) is 0 Å². The summed E-state index contributed by atoms with van der Waals surface area (Å²) in [4.78, 5) is 13.9. The van der Waals surface area contributed by atoms with Crippen LogP contribution in [0.15, 0.2) is 30.3 Å². The molecule has 6 nitrogen and oxygen atoms in total. The molecular weight excluding hydrogens is 290 g/mol. The van der Waals surface area contributed by atoms with Gasteiger partial charge < -0.3 is 5.32 Å². The van der Waals surface area contributed by atoms with Crippen molar-refractivity contribution in [1.82, 2.24) is 25.5 Å². The average molecular weight is 315 g/mol. The second-order valence-electron chi connectivity index (χ2n) is 6.46. The Morgan fingerprint density at radius 2 is 1.87 bits per heavy atom. The first kappa shape index (κ1) is 17.1. The van der Waals surface area contributed by atoms with E-state index < -0.39 is 6.04 Å². The summed E-state index contributed by atoms with van der Waals surface area (Å²) in [5.41, 5.74) is 0.890. The summed E-state index contributed by atoms with van der Waals surface area (Å²) < 4.78 is 0. The summed E-state index contributed by atoms with van der Waals surface area (Å²) in [5, 5.41) is 15.6. The Morgan fingerprint density at radius 1 is 1.17 bits per heavy atom. The summed E-state index contributed by atoms with van der Waals surface area (Å²) in [7, 11) is 0. The lowest BCUT2D eigenvalue weighted by Gasteiger charge is -2.19. The lowest BCUT2D eigenvalue weighted by atomic mass is 10.0. The van der Waals surface area contributed by atoms with Crippen LogP contribution in [-0.2, 0) is 4.79 Å². The third kappa shape index (κ3) is 4.61. The van der Waals surface area contributed by atoms with Crippen molar-refractivity contribution in [1.29, 1.82) is 0 Å². The molecule has 1 aromatic heterocycles. The number of benzene rings is 1. The third-order valence-corrected chi connectivity index (χ3v) is 3.63. The molecule has 0 aliphatic carbocycles. The van der Waals surface area contributed by atoms with Crippen molar-refractivity contribution in [2.45, 2.75) is 40.2 Å². The molecule has 1 N–H and O–H groups in total. The van der Waals surface area contributed by atoms with Crippen LogP contribution in [0.3, 0.4) is 0 Å². The number of rotatable bonds is 7. The van der Waals surface area contributed by atoms with E-state index in [0.717, 1.165) is 12.0 Å². The van der Waals surface area contributed by atoms with Gasteiger partial charge in [0.2, 0.25) is 11.7 Å². The van der Waals surface area contributed by atoms with E-state index in [0.29, 0.717) is 18.3 Å². The van der Waals surface area contributed by atoms with Crippen molar-refractivity contribution >= 4 is 5.91 Å². The zero-order chi connectivity index (χ0) is 16.8. The quantitative estimate of drug-likeness (QED) is 0.852. The number of nitrogens with zero attached hydrogens (tertiary/aromatic N) is 4. The van der Waals surface area contributed by atoms with Crippen LogP contribution in [0.4, 0.5) is 0 Å². The van der Waals surface area contributed by atoms with E-state index in [1.807, 2.05) is 44.2 Å². The van der Waals surface area contributed by atoms with Gasteiger partial charge in [-0.15, -0.1) is 10.2 Å². The van der Waals surface area contributed by atoms with Crippen LogP contribution in [0.1, 0.15) is 40.2 Å². The highest BCUT2D eigenvalue weighted by Gasteiger charge is 2.26. The summed E-state index contributed by atoms with van der Waals surface area (Å²) in [6.07, 6.45) is 0.955. The summed E-state index contributed by atoms with van der Waals surface area (Å²) in [6, 6.07) is 9.19. The monoisotopic (exact) mass is 315 g/mol. The van der Waals surface area contributed by atoms with Gasteiger partial charge >= 0.3 is 0 Å². The molecule has 124 valence electrons. The summed E-state index contributed by atoms with van der Waals surface area (Å²) >= 11 is 0. The number of carbonyl (C=O) groups is 1. The van der Waals surface area contributed by atoms with Gasteiger partial charge in [-0.25, -0.2) is 0 Å². The Morgan fingerprint density at radius 3 is 2.48 bits per heavy atom. The molecule has 1 unspecified atom stereocenters. The minimum atomic E-state index is -0.452. The highest BCUT2D eigenvalue weighted by molar-refractivity contribution is 5.80. The number of carbonyl (C=O) groups excluding carboxylic acids is 1. The molecule has 1 amide bonds. The van der Waals surface area contributed by atoms with Crippen molar-refractivity contribution in [3.05, 3.63) is 30.3 Å². The summed E-state index contributed by atoms with van der Waals surface area (Å²) in [6.45, 7) is 8.91. The molecule has 0 aliphatic rings. The molecule has 0 saturated heterocycles. The Hall–Kier alpha value is -2.24. The number of aromatic nitrogens is 4. The minimum absolute atomic E-state index is 0.0577. The van der Waals surface area contributed by atoms with Crippen molar-refractivity contribution < 1.29 is 4.79 Å². The molecular formula is C17H25N5O. The van der Waals surface area contributed by atoms with Crippen molar-refractivity contribution in [3.63, 3.8) is 0 Å². The standard InChI is InChI=1S/C17H25N5O/c1-12(2)10-11-18-17(23)15(13(3)4)22-20-16(19-21-22)14-8-6-5-7-9-14/h5-9,12-13,15H,10-11H2,1-4H3,(H,18,23). The van der Waals surface area contributed by atoms with Gasteiger partial charge in [-0.3, -0.25) is 4.79 Å². The lowest BCUT2D eigenvalue weighted by molar-refractivity contribution is -0.126. The Kier molecular flexibility index (Phi) is 5.84. The van der Waals surface area contributed by atoms with E-state index in [1.54, 1.807) is 0 Å². The van der Waals surface area contributed by atoms with Crippen LogP contribution in [0.2, 0.25) is 0 Å². The van der Waals surface area contributed by atoms with E-state index in [-0.39, 0.29) is 11.8 Å². The highest BCUT2D eigenvalue weighted by atomic mass is 16.2. The van der Waals surface area contributed by atoms with Crippen LogP contribution in [0.25, 0.3) is 11.4 Å². The highest BCUT2D eigenvalue weighted by Crippen LogP contribution is 2.18. The van der Waals surface area contributed by atoms with Crippen LogP contribution in [-0.4, -0.2) is 32.7 Å². The molecule has 1 heterocycles. The average Bonchev–Trinajstić information content (AvgIpc) is 2.97. The largest absolute Gasteiger partial charge is 0.354 e. The predicted octanol–water partition coefficient (Wildman–Crippen LogP) is 2.70. The second kappa shape index (κ2) is 7.85. The Balaban J connectivity index is 2.12. The SMILES string of the molecule is CC(C)CCNC(=O)C(C(C)C)n1nnc(-c2ccccc2)n1. The van der Waals surface area contributed by atoms with E-state index in [2.05, 4.69) is 34.6 Å². The number of tetrazole rings is 1. The van der Waals surface area contributed by atoms with Crippen LogP contribution < -0.4 is 5.32 Å². The molecule has 0 bridgehead atoms. The van der Waals surface area contributed by atoms with Crippen molar-refractivity contribution in [2.24, 2.45) is 11.8 Å². The second-order valence-corrected chi connectivity index (χ2v) is 6.46. The fraction of sp³-hybridized carbons (Fsp3) is 0.529. The number of hydrogen-bond donors (Lipinski definition) is 1. The van der Waals surface area contributed by atoms with Gasteiger partial charge in [0.15, 0.2) is 6.04 Å². The van der Waals surface area contributed by atoms with Crippen molar-refractivity contribution in [3.8, 4) is 11.4 Å². The maximum atomic E-state index is 12.5. The first-order chi connectivity index (χ1) is 11.0. The van der Waals surface area contributed by atoms with Crippen LogP contribution in [0.5, 0.6) is 0 Å².